The topological polar surface area (TPSA) is 69.2 Å². The highest BCUT2D eigenvalue weighted by atomic mass is 32.1. The van der Waals surface area contributed by atoms with E-state index in [2.05, 4.69) is 32.0 Å². The molecule has 3 aliphatic rings. The Morgan fingerprint density at radius 2 is 2.00 bits per heavy atom. The number of guanidine groups is 1. The molecule has 2 fully saturated rings. The fourth-order valence-electron chi connectivity index (χ4n) is 5.05. The Kier molecular flexibility index (Phi) is 7.28. The molecule has 1 aromatic rings. The molecule has 30 heavy (non-hydrogen) atoms. The molecule has 3 heterocycles. The molecule has 8 heteroatoms. The maximum Gasteiger partial charge on any atom is 0.242 e. The summed E-state index contributed by atoms with van der Waals surface area (Å²) in [7, 11) is 1.78. The van der Waals surface area contributed by atoms with Gasteiger partial charge in [0.15, 0.2) is 5.96 Å². The van der Waals surface area contributed by atoms with Crippen LogP contribution < -0.4 is 10.6 Å². The van der Waals surface area contributed by atoms with Crippen molar-refractivity contribution in [3.8, 4) is 0 Å². The van der Waals surface area contributed by atoms with E-state index in [1.165, 1.54) is 42.5 Å². The Hall–Kier alpha value is -1.64. The third-order valence-electron chi connectivity index (χ3n) is 6.84. The molecule has 1 amide bonds. The van der Waals surface area contributed by atoms with Crippen molar-refractivity contribution in [2.45, 2.75) is 50.6 Å². The Balaban J connectivity index is 1.29. The average molecular weight is 434 g/mol. The molecular weight excluding hydrogens is 398 g/mol. The predicted octanol–water partition coefficient (Wildman–Crippen LogP) is 1.83. The van der Waals surface area contributed by atoms with Gasteiger partial charge in [0.05, 0.1) is 19.8 Å². The van der Waals surface area contributed by atoms with E-state index in [9.17, 15) is 4.79 Å². The summed E-state index contributed by atoms with van der Waals surface area (Å²) in [6, 6.07) is 2.14. The second-order valence-electron chi connectivity index (χ2n) is 8.60. The van der Waals surface area contributed by atoms with E-state index in [4.69, 9.17) is 4.74 Å². The van der Waals surface area contributed by atoms with Crippen LogP contribution in [0.5, 0.6) is 0 Å². The first-order chi connectivity index (χ1) is 14.7. The summed E-state index contributed by atoms with van der Waals surface area (Å²) in [5.41, 5.74) is 1.47. The predicted molar refractivity (Wildman–Crippen MR) is 121 cm³/mol. The van der Waals surface area contributed by atoms with Crippen molar-refractivity contribution in [1.29, 1.82) is 0 Å². The quantitative estimate of drug-likeness (QED) is 0.548. The van der Waals surface area contributed by atoms with Gasteiger partial charge in [0.1, 0.15) is 0 Å². The van der Waals surface area contributed by atoms with E-state index in [1.54, 1.807) is 18.4 Å². The molecule has 0 atom stereocenters. The normalized spacial score (nSPS) is 22.4. The fourth-order valence-corrected chi connectivity index (χ4v) is 5.94. The van der Waals surface area contributed by atoms with Gasteiger partial charge in [-0.15, -0.1) is 11.3 Å². The first kappa shape index (κ1) is 21.6. The number of hydrogen-bond donors (Lipinski definition) is 2. The zero-order valence-corrected chi connectivity index (χ0v) is 18.9. The van der Waals surface area contributed by atoms with Gasteiger partial charge in [0.25, 0.3) is 0 Å². The minimum atomic E-state index is 0.135. The van der Waals surface area contributed by atoms with Crippen LogP contribution in [-0.4, -0.2) is 80.2 Å². The smallest absolute Gasteiger partial charge is 0.242 e. The molecule has 0 bridgehead atoms. The standard InChI is InChI=1S/C22H35N5O2S/c1-23-21(24-15-20(28)26-9-5-19-18(16-26)6-14-30-19)25-17-22(7-3-2-4-8-22)27-10-12-29-13-11-27/h6,14H,2-5,7-13,15-17H2,1H3,(H2,23,24,25). The molecule has 0 unspecified atom stereocenters. The third kappa shape index (κ3) is 4.98. The maximum atomic E-state index is 12.7. The van der Waals surface area contributed by atoms with Crippen LogP contribution in [-0.2, 0) is 22.5 Å². The van der Waals surface area contributed by atoms with E-state index < -0.39 is 0 Å². The van der Waals surface area contributed by atoms with Crippen LogP contribution >= 0.6 is 11.3 Å². The first-order valence-electron chi connectivity index (χ1n) is 11.3. The zero-order chi connectivity index (χ0) is 20.8. The lowest BCUT2D eigenvalue weighted by molar-refractivity contribution is -0.130. The maximum absolute atomic E-state index is 12.7. The molecule has 7 nitrogen and oxygen atoms in total. The van der Waals surface area contributed by atoms with Gasteiger partial charge in [-0.1, -0.05) is 19.3 Å². The summed E-state index contributed by atoms with van der Waals surface area (Å²) in [6.45, 7) is 6.34. The van der Waals surface area contributed by atoms with Crippen molar-refractivity contribution in [2.24, 2.45) is 4.99 Å². The molecule has 166 valence electrons. The van der Waals surface area contributed by atoms with Gasteiger partial charge in [-0.2, -0.15) is 0 Å². The highest BCUT2D eigenvalue weighted by Gasteiger charge is 2.38. The third-order valence-corrected chi connectivity index (χ3v) is 7.87. The van der Waals surface area contributed by atoms with E-state index in [0.29, 0.717) is 0 Å². The van der Waals surface area contributed by atoms with Crippen molar-refractivity contribution in [3.05, 3.63) is 21.9 Å². The van der Waals surface area contributed by atoms with E-state index in [-0.39, 0.29) is 18.0 Å². The molecule has 0 aromatic carbocycles. The number of carbonyl (C=O) groups excluding carboxylic acids is 1. The SMILES string of the molecule is CN=C(NCC(=O)N1CCc2sccc2C1)NCC1(N2CCOCC2)CCCCC1. The molecule has 1 aromatic heterocycles. The van der Waals surface area contributed by atoms with Crippen molar-refractivity contribution in [2.75, 3.05) is 53.0 Å². The van der Waals surface area contributed by atoms with Gasteiger partial charge in [0, 0.05) is 50.2 Å². The van der Waals surface area contributed by atoms with Gasteiger partial charge in [-0.3, -0.25) is 14.7 Å². The highest BCUT2D eigenvalue weighted by molar-refractivity contribution is 7.10. The Morgan fingerprint density at radius 1 is 1.20 bits per heavy atom. The molecule has 0 radical (unpaired) electrons. The van der Waals surface area contributed by atoms with Crippen molar-refractivity contribution < 1.29 is 9.53 Å². The summed E-state index contributed by atoms with van der Waals surface area (Å²) < 4.78 is 5.58. The number of thiophene rings is 1. The number of carbonyl (C=O) groups is 1. The minimum Gasteiger partial charge on any atom is -0.379 e. The van der Waals surface area contributed by atoms with Crippen LogP contribution in [0, 0.1) is 0 Å². The second kappa shape index (κ2) is 10.1. The van der Waals surface area contributed by atoms with Crippen LogP contribution in [0.25, 0.3) is 0 Å². The van der Waals surface area contributed by atoms with Gasteiger partial charge >= 0.3 is 0 Å². The first-order valence-corrected chi connectivity index (χ1v) is 12.2. The van der Waals surface area contributed by atoms with E-state index in [1.807, 2.05) is 4.90 Å². The average Bonchev–Trinajstić information content (AvgIpc) is 3.28. The molecular formula is C22H35N5O2S. The van der Waals surface area contributed by atoms with Gasteiger partial charge < -0.3 is 20.3 Å². The van der Waals surface area contributed by atoms with Crippen LogP contribution in [0.2, 0.25) is 0 Å². The molecule has 4 rings (SSSR count). The number of nitrogens with one attached hydrogen (secondary N) is 2. The minimum absolute atomic E-state index is 0.135. The molecule has 2 aliphatic heterocycles. The van der Waals surface area contributed by atoms with Crippen molar-refractivity contribution in [3.63, 3.8) is 0 Å². The van der Waals surface area contributed by atoms with E-state index in [0.717, 1.165) is 58.3 Å². The fraction of sp³-hybridized carbons (Fsp3) is 0.727. The molecule has 1 saturated carbocycles. The number of hydrogen-bond acceptors (Lipinski definition) is 5. The molecule has 1 saturated heterocycles. The summed E-state index contributed by atoms with van der Waals surface area (Å²) in [5, 5.41) is 8.91. The number of rotatable bonds is 5. The molecule has 2 N–H and O–H groups in total. The Morgan fingerprint density at radius 3 is 2.77 bits per heavy atom. The van der Waals surface area contributed by atoms with Gasteiger partial charge in [-0.05, 0) is 36.3 Å². The number of ether oxygens (including phenoxy) is 1. The van der Waals surface area contributed by atoms with Crippen LogP contribution in [0.4, 0.5) is 0 Å². The Labute approximate surface area is 183 Å². The lowest BCUT2D eigenvalue weighted by atomic mass is 9.80. The van der Waals surface area contributed by atoms with Crippen LogP contribution in [0.1, 0.15) is 42.5 Å². The monoisotopic (exact) mass is 433 g/mol. The highest BCUT2D eigenvalue weighted by Crippen LogP contribution is 2.33. The summed E-state index contributed by atoms with van der Waals surface area (Å²) in [4.78, 5) is 23.1. The summed E-state index contributed by atoms with van der Waals surface area (Å²) >= 11 is 1.80. The Bertz CT molecular complexity index is 738. The van der Waals surface area contributed by atoms with Gasteiger partial charge in [-0.25, -0.2) is 0 Å². The molecule has 1 aliphatic carbocycles. The zero-order valence-electron chi connectivity index (χ0n) is 18.1. The van der Waals surface area contributed by atoms with Crippen LogP contribution in [0.15, 0.2) is 16.4 Å². The summed E-state index contributed by atoms with van der Waals surface area (Å²) in [5.74, 6) is 0.852. The van der Waals surface area contributed by atoms with Crippen molar-refractivity contribution >= 4 is 23.2 Å². The molecule has 0 spiro atoms. The number of aliphatic imine (C=N–C) groups is 1. The largest absolute Gasteiger partial charge is 0.379 e. The number of nitrogens with zero attached hydrogens (tertiary/aromatic N) is 3. The van der Waals surface area contributed by atoms with Crippen LogP contribution in [0.3, 0.4) is 0 Å². The van der Waals surface area contributed by atoms with Crippen molar-refractivity contribution in [1.82, 2.24) is 20.4 Å². The number of morpholine rings is 1. The number of amides is 1. The summed E-state index contributed by atoms with van der Waals surface area (Å²) in [6.07, 6.45) is 7.29. The van der Waals surface area contributed by atoms with E-state index >= 15 is 0 Å². The van der Waals surface area contributed by atoms with Gasteiger partial charge in [0.2, 0.25) is 5.91 Å². The lowest BCUT2D eigenvalue weighted by Gasteiger charge is -2.48. The number of fused-ring (bicyclic) bond motifs is 1. The lowest BCUT2D eigenvalue weighted by Crippen LogP contribution is -2.60. The second-order valence-corrected chi connectivity index (χ2v) is 9.60.